The van der Waals surface area contributed by atoms with Gasteiger partial charge in [0.15, 0.2) is 10.9 Å². The van der Waals surface area contributed by atoms with E-state index in [-0.39, 0.29) is 16.8 Å². The van der Waals surface area contributed by atoms with Crippen LogP contribution in [0.5, 0.6) is 0 Å². The quantitative estimate of drug-likeness (QED) is 0.366. The Balaban J connectivity index is 1.49. The lowest BCUT2D eigenvalue weighted by atomic mass is 9.94. The molecule has 4 rings (SSSR count). The van der Waals surface area contributed by atoms with Gasteiger partial charge < -0.3 is 9.87 Å². The van der Waals surface area contributed by atoms with Crippen LogP contribution >= 0.6 is 11.3 Å². The topological polar surface area (TPSA) is 124 Å². The van der Waals surface area contributed by atoms with Gasteiger partial charge in [-0.3, -0.25) is 19.3 Å². The molecule has 1 fully saturated rings. The fourth-order valence-corrected chi connectivity index (χ4v) is 5.53. The zero-order chi connectivity index (χ0) is 23.4. The molecule has 1 aliphatic rings. The average molecular weight is 484 g/mol. The Bertz CT molecular complexity index is 1180. The highest BCUT2D eigenvalue weighted by Gasteiger charge is 2.26. The van der Waals surface area contributed by atoms with Crippen molar-refractivity contribution >= 4 is 45.1 Å². The first-order valence-electron chi connectivity index (χ1n) is 10.6. The molecule has 1 aliphatic carbocycles. The molecule has 2 N–H and O–H groups in total. The Labute approximate surface area is 198 Å². The maximum Gasteiger partial charge on any atom is 0.325 e. The second-order valence-electron chi connectivity index (χ2n) is 7.97. The number of hydrogen-bond acceptors (Lipinski definition) is 7. The lowest BCUT2D eigenvalue weighted by Gasteiger charge is -2.17. The van der Waals surface area contributed by atoms with Crippen molar-refractivity contribution in [1.82, 2.24) is 9.97 Å². The monoisotopic (exact) mass is 483 g/mol. The number of nitrogens with zero attached hydrogens (tertiary/aromatic N) is 2. The third-order valence-corrected chi connectivity index (χ3v) is 7.30. The Morgan fingerprint density at radius 3 is 2.58 bits per heavy atom. The predicted octanol–water partition coefficient (Wildman–Crippen LogP) is 4.83. The predicted molar refractivity (Wildman–Crippen MR) is 127 cm³/mol. The minimum absolute atomic E-state index is 0.00462. The number of Topliss-reactive ketones (excluding diaryl/α,β-unsaturated/α-hetero) is 1. The molecule has 2 atom stereocenters. The van der Waals surface area contributed by atoms with Crippen molar-refractivity contribution in [3.63, 3.8) is 0 Å². The summed E-state index contributed by atoms with van der Waals surface area (Å²) in [5.41, 5.74) is 2.75. The summed E-state index contributed by atoms with van der Waals surface area (Å²) in [6, 6.07) is 8.04. The molecule has 0 radical (unpaired) electrons. The third kappa shape index (κ3) is 5.52. The van der Waals surface area contributed by atoms with Crippen LogP contribution in [0.1, 0.15) is 58.1 Å². The summed E-state index contributed by atoms with van der Waals surface area (Å²) in [5.74, 6) is 0.0520. The van der Waals surface area contributed by atoms with Crippen LogP contribution in [0.3, 0.4) is 0 Å². The number of aryl methyl sites for hydroxylation is 1. The van der Waals surface area contributed by atoms with E-state index in [4.69, 9.17) is 0 Å². The summed E-state index contributed by atoms with van der Waals surface area (Å²) in [6.07, 6.45) is 6.87. The van der Waals surface area contributed by atoms with Gasteiger partial charge in [0.05, 0.1) is 16.6 Å². The highest BCUT2D eigenvalue weighted by molar-refractivity contribution is 7.79. The number of urea groups is 1. The first kappa shape index (κ1) is 23.2. The van der Waals surface area contributed by atoms with Crippen molar-refractivity contribution in [2.24, 2.45) is 5.92 Å². The van der Waals surface area contributed by atoms with Crippen LogP contribution in [-0.2, 0) is 11.1 Å². The molecular formula is C23H23N4O4S2-. The number of aromatic nitrogens is 2. The summed E-state index contributed by atoms with van der Waals surface area (Å²) >= 11 is -1.32. The van der Waals surface area contributed by atoms with Gasteiger partial charge in [0.25, 0.3) is 0 Å². The third-order valence-electron chi connectivity index (χ3n) is 5.63. The number of nitrogens with one attached hydrogen (secondary N) is 2. The molecule has 33 heavy (non-hydrogen) atoms. The molecule has 2 aromatic heterocycles. The molecule has 0 spiro atoms. The van der Waals surface area contributed by atoms with Gasteiger partial charge in [-0.2, -0.15) is 0 Å². The summed E-state index contributed by atoms with van der Waals surface area (Å²) in [7, 11) is 0. The number of rotatable bonds is 7. The van der Waals surface area contributed by atoms with Crippen molar-refractivity contribution in [3.05, 3.63) is 70.5 Å². The van der Waals surface area contributed by atoms with E-state index in [1.807, 2.05) is 13.0 Å². The Hall–Kier alpha value is -2.95. The Morgan fingerprint density at radius 2 is 1.88 bits per heavy atom. The molecule has 0 bridgehead atoms. The van der Waals surface area contributed by atoms with E-state index >= 15 is 0 Å². The van der Waals surface area contributed by atoms with E-state index < -0.39 is 22.4 Å². The summed E-state index contributed by atoms with van der Waals surface area (Å²) < 4.78 is 23.6. The number of ketones is 1. The van der Waals surface area contributed by atoms with E-state index in [1.165, 1.54) is 12.4 Å². The van der Waals surface area contributed by atoms with Crippen LogP contribution in [0.2, 0.25) is 0 Å². The minimum atomic E-state index is -2.45. The van der Waals surface area contributed by atoms with Crippen LogP contribution in [0.4, 0.5) is 15.6 Å². The molecule has 0 saturated heterocycles. The molecule has 3 aromatic rings. The molecule has 2 unspecified atom stereocenters. The molecule has 1 aromatic carbocycles. The molecule has 172 valence electrons. The number of amides is 2. The Kier molecular flexibility index (Phi) is 7.26. The molecule has 8 nitrogen and oxygen atoms in total. The van der Waals surface area contributed by atoms with E-state index in [2.05, 4.69) is 20.6 Å². The van der Waals surface area contributed by atoms with Gasteiger partial charge in [-0.1, -0.05) is 24.5 Å². The van der Waals surface area contributed by atoms with Gasteiger partial charge in [-0.15, -0.1) is 11.3 Å². The first-order chi connectivity index (χ1) is 15.9. The normalized spacial score (nSPS) is 15.7. The van der Waals surface area contributed by atoms with E-state index in [1.54, 1.807) is 29.6 Å². The van der Waals surface area contributed by atoms with E-state index in [0.29, 0.717) is 22.5 Å². The SMILES string of the molecule is Cc1ccc(NC(=O)Nc2nc(C(c3ccncc3)S(=O)[O-])cs2)c(C(=O)C2CCCC2)c1. The van der Waals surface area contributed by atoms with Crippen LogP contribution in [0, 0.1) is 12.8 Å². The summed E-state index contributed by atoms with van der Waals surface area (Å²) in [5, 5.41) is 6.27. The lowest BCUT2D eigenvalue weighted by Crippen LogP contribution is -2.22. The molecule has 0 aliphatic heterocycles. The molecule has 1 saturated carbocycles. The van der Waals surface area contributed by atoms with Gasteiger partial charge in [-0.05, 0) is 60.7 Å². The van der Waals surface area contributed by atoms with Crippen LogP contribution in [0.15, 0.2) is 48.1 Å². The largest absolute Gasteiger partial charge is 0.772 e. The zero-order valence-electron chi connectivity index (χ0n) is 17.9. The zero-order valence-corrected chi connectivity index (χ0v) is 19.6. The Morgan fingerprint density at radius 1 is 1.15 bits per heavy atom. The fraction of sp³-hybridized carbons (Fsp3) is 0.304. The van der Waals surface area contributed by atoms with E-state index in [0.717, 1.165) is 42.6 Å². The highest BCUT2D eigenvalue weighted by Crippen LogP contribution is 2.32. The maximum absolute atomic E-state index is 13.0. The number of anilines is 2. The number of carbonyl (C=O) groups is 2. The fourth-order valence-electron chi connectivity index (χ4n) is 4.01. The second-order valence-corrected chi connectivity index (χ2v) is 9.82. The standard InChI is InChI=1S/C23H24N4O4S2/c1-14-6-7-18(17(12-14)20(28)15-4-2-3-5-15)25-22(29)27-23-26-19(13-32-23)21(33(30)31)16-8-10-24-11-9-16/h6-13,15,21H,2-5H2,1H3,(H,30,31)(H2,25,26,27,29)/p-1. The van der Waals surface area contributed by atoms with Crippen molar-refractivity contribution in [2.45, 2.75) is 37.9 Å². The smallest absolute Gasteiger partial charge is 0.325 e. The summed E-state index contributed by atoms with van der Waals surface area (Å²) in [6.45, 7) is 1.91. The summed E-state index contributed by atoms with van der Waals surface area (Å²) in [4.78, 5) is 33.8. The molecule has 2 amide bonds. The average Bonchev–Trinajstić information content (AvgIpc) is 3.48. The van der Waals surface area contributed by atoms with Crippen LogP contribution in [-0.4, -0.2) is 30.5 Å². The van der Waals surface area contributed by atoms with Crippen molar-refractivity contribution in [3.8, 4) is 0 Å². The molecular weight excluding hydrogens is 460 g/mol. The number of pyridine rings is 1. The van der Waals surface area contributed by atoms with E-state index in [9.17, 15) is 18.4 Å². The van der Waals surface area contributed by atoms with Crippen molar-refractivity contribution < 1.29 is 18.4 Å². The van der Waals surface area contributed by atoms with Crippen molar-refractivity contribution in [1.29, 1.82) is 0 Å². The van der Waals surface area contributed by atoms with Crippen LogP contribution in [0.25, 0.3) is 0 Å². The van der Waals surface area contributed by atoms with Gasteiger partial charge in [0, 0.05) is 29.3 Å². The molecule has 2 heterocycles. The maximum atomic E-state index is 13.0. The van der Waals surface area contributed by atoms with Gasteiger partial charge in [0.1, 0.15) is 0 Å². The number of hydrogen-bond donors (Lipinski definition) is 2. The van der Waals surface area contributed by atoms with Gasteiger partial charge in [0.2, 0.25) is 0 Å². The second kappa shape index (κ2) is 10.3. The number of thiazole rings is 1. The van der Waals surface area contributed by atoms with Gasteiger partial charge in [-0.25, -0.2) is 9.78 Å². The number of benzene rings is 1. The minimum Gasteiger partial charge on any atom is -0.772 e. The van der Waals surface area contributed by atoms with Crippen LogP contribution < -0.4 is 10.6 Å². The van der Waals surface area contributed by atoms with Crippen molar-refractivity contribution in [2.75, 3.05) is 10.6 Å². The highest BCUT2D eigenvalue weighted by atomic mass is 32.2. The lowest BCUT2D eigenvalue weighted by molar-refractivity contribution is 0.0923. The first-order valence-corrected chi connectivity index (χ1v) is 12.6. The number of carbonyl (C=O) groups excluding carboxylic acids is 2. The van der Waals surface area contributed by atoms with Gasteiger partial charge >= 0.3 is 6.03 Å². The molecule has 10 heteroatoms.